The Morgan fingerprint density at radius 3 is 2.68 bits per heavy atom. The number of hydrogen-bond donors (Lipinski definition) is 2. The van der Waals surface area contributed by atoms with Gasteiger partial charge in [0.15, 0.2) is 0 Å². The lowest BCUT2D eigenvalue weighted by Gasteiger charge is -2.26. The molecule has 2 aromatic rings. The summed E-state index contributed by atoms with van der Waals surface area (Å²) in [5, 5.41) is 5.60. The minimum absolute atomic E-state index is 0.189. The summed E-state index contributed by atoms with van der Waals surface area (Å²) in [6.45, 7) is 5.69. The van der Waals surface area contributed by atoms with Gasteiger partial charge in [0.1, 0.15) is 0 Å². The fourth-order valence-corrected chi connectivity index (χ4v) is 2.56. The van der Waals surface area contributed by atoms with Crippen LogP contribution in [-0.4, -0.2) is 48.8 Å². The van der Waals surface area contributed by atoms with Crippen LogP contribution >= 0.6 is 0 Å². The van der Waals surface area contributed by atoms with Gasteiger partial charge < -0.3 is 20.3 Å². The van der Waals surface area contributed by atoms with Crippen molar-refractivity contribution in [2.45, 2.75) is 13.3 Å². The smallest absolute Gasteiger partial charge is 0.319 e. The van der Waals surface area contributed by atoms with E-state index in [0.29, 0.717) is 19.8 Å². The number of amides is 2. The molecule has 2 N–H and O–H groups in total. The lowest BCUT2D eigenvalue weighted by molar-refractivity contribution is 0.122. The second-order valence-electron chi connectivity index (χ2n) is 5.80. The van der Waals surface area contributed by atoms with Gasteiger partial charge in [0.2, 0.25) is 5.95 Å². The average molecular weight is 341 g/mol. The van der Waals surface area contributed by atoms with E-state index in [4.69, 9.17) is 4.74 Å². The van der Waals surface area contributed by atoms with Crippen LogP contribution in [0.15, 0.2) is 36.5 Å². The first kappa shape index (κ1) is 17.2. The highest BCUT2D eigenvalue weighted by Gasteiger charge is 2.14. The maximum Gasteiger partial charge on any atom is 0.319 e. The van der Waals surface area contributed by atoms with Crippen LogP contribution < -0.4 is 15.5 Å². The summed E-state index contributed by atoms with van der Waals surface area (Å²) >= 11 is 0. The zero-order chi connectivity index (χ0) is 17.5. The SMILES string of the molecule is CCCNC(=O)Nc1ccc(-c2ccnc(N3CCOCC3)n2)cc1. The molecule has 132 valence electrons. The van der Waals surface area contributed by atoms with Crippen LogP contribution in [0.4, 0.5) is 16.4 Å². The zero-order valence-electron chi connectivity index (χ0n) is 14.4. The minimum Gasteiger partial charge on any atom is -0.378 e. The van der Waals surface area contributed by atoms with Crippen LogP contribution in [0.3, 0.4) is 0 Å². The summed E-state index contributed by atoms with van der Waals surface area (Å²) in [7, 11) is 0. The molecule has 1 aliphatic rings. The number of urea groups is 1. The molecule has 25 heavy (non-hydrogen) atoms. The predicted molar refractivity (Wildman–Crippen MR) is 97.8 cm³/mol. The van der Waals surface area contributed by atoms with E-state index in [1.807, 2.05) is 37.3 Å². The summed E-state index contributed by atoms with van der Waals surface area (Å²) in [6.07, 6.45) is 2.68. The number of nitrogens with one attached hydrogen (secondary N) is 2. The molecule has 2 amide bonds. The highest BCUT2D eigenvalue weighted by atomic mass is 16.5. The molecule has 1 saturated heterocycles. The van der Waals surface area contributed by atoms with E-state index in [2.05, 4.69) is 25.5 Å². The van der Waals surface area contributed by atoms with Crippen LogP contribution in [0.5, 0.6) is 0 Å². The number of benzene rings is 1. The third-order valence-electron chi connectivity index (χ3n) is 3.91. The molecule has 1 aliphatic heterocycles. The average Bonchev–Trinajstić information content (AvgIpc) is 2.68. The molecule has 0 unspecified atom stereocenters. The van der Waals surface area contributed by atoms with Gasteiger partial charge in [0, 0.05) is 37.1 Å². The van der Waals surface area contributed by atoms with Gasteiger partial charge in [-0.05, 0) is 24.6 Å². The van der Waals surface area contributed by atoms with Gasteiger partial charge in [-0.15, -0.1) is 0 Å². The Bertz CT molecular complexity index is 699. The van der Waals surface area contributed by atoms with Crippen molar-refractivity contribution in [3.63, 3.8) is 0 Å². The van der Waals surface area contributed by atoms with E-state index in [1.165, 1.54) is 0 Å². The molecule has 0 spiro atoms. The van der Waals surface area contributed by atoms with Crippen LogP contribution in [0.1, 0.15) is 13.3 Å². The minimum atomic E-state index is -0.189. The van der Waals surface area contributed by atoms with Crippen molar-refractivity contribution in [1.82, 2.24) is 15.3 Å². The molecule has 0 saturated carbocycles. The van der Waals surface area contributed by atoms with Crippen LogP contribution in [-0.2, 0) is 4.74 Å². The number of ether oxygens (including phenoxy) is 1. The van der Waals surface area contributed by atoms with E-state index in [9.17, 15) is 4.79 Å². The second kappa shape index (κ2) is 8.43. The first-order valence-electron chi connectivity index (χ1n) is 8.57. The fraction of sp³-hybridized carbons (Fsp3) is 0.389. The van der Waals surface area contributed by atoms with Gasteiger partial charge >= 0.3 is 6.03 Å². The van der Waals surface area contributed by atoms with Crippen molar-refractivity contribution < 1.29 is 9.53 Å². The molecule has 1 aromatic carbocycles. The molecular weight excluding hydrogens is 318 g/mol. The van der Waals surface area contributed by atoms with E-state index < -0.39 is 0 Å². The van der Waals surface area contributed by atoms with Crippen molar-refractivity contribution >= 4 is 17.7 Å². The molecule has 3 rings (SSSR count). The summed E-state index contributed by atoms with van der Waals surface area (Å²) < 4.78 is 5.37. The van der Waals surface area contributed by atoms with Crippen LogP contribution in [0, 0.1) is 0 Å². The molecule has 0 radical (unpaired) electrons. The van der Waals surface area contributed by atoms with E-state index in [-0.39, 0.29) is 6.03 Å². The Balaban J connectivity index is 1.68. The van der Waals surface area contributed by atoms with E-state index >= 15 is 0 Å². The number of carbonyl (C=O) groups excluding carboxylic acids is 1. The molecule has 7 heteroatoms. The maximum atomic E-state index is 11.7. The molecule has 2 heterocycles. The normalized spacial score (nSPS) is 14.2. The number of hydrogen-bond acceptors (Lipinski definition) is 5. The lowest BCUT2D eigenvalue weighted by Crippen LogP contribution is -2.37. The van der Waals surface area contributed by atoms with Crippen molar-refractivity contribution in [3.05, 3.63) is 36.5 Å². The van der Waals surface area contributed by atoms with Gasteiger partial charge in [-0.2, -0.15) is 0 Å². The third kappa shape index (κ3) is 4.67. The van der Waals surface area contributed by atoms with Gasteiger partial charge in [-0.3, -0.25) is 0 Å². The molecule has 0 bridgehead atoms. The molecule has 0 aliphatic carbocycles. The van der Waals surface area contributed by atoms with Crippen LogP contribution in [0.2, 0.25) is 0 Å². The first-order valence-corrected chi connectivity index (χ1v) is 8.57. The van der Waals surface area contributed by atoms with Crippen molar-refractivity contribution in [3.8, 4) is 11.3 Å². The summed E-state index contributed by atoms with van der Waals surface area (Å²) in [6, 6.07) is 9.34. The van der Waals surface area contributed by atoms with Crippen molar-refractivity contribution in [1.29, 1.82) is 0 Å². The first-order chi connectivity index (χ1) is 12.3. The molecular formula is C18H23N5O2. The molecule has 1 fully saturated rings. The molecule has 0 atom stereocenters. The molecule has 1 aromatic heterocycles. The number of morpholine rings is 1. The van der Waals surface area contributed by atoms with Gasteiger partial charge in [0.05, 0.1) is 18.9 Å². The highest BCUT2D eigenvalue weighted by Crippen LogP contribution is 2.21. The Morgan fingerprint density at radius 1 is 1.20 bits per heavy atom. The number of rotatable bonds is 5. The zero-order valence-corrected chi connectivity index (χ0v) is 14.4. The van der Waals surface area contributed by atoms with E-state index in [0.717, 1.165) is 42.4 Å². The Kier molecular flexibility index (Phi) is 5.79. The largest absolute Gasteiger partial charge is 0.378 e. The number of carbonyl (C=O) groups is 1. The highest BCUT2D eigenvalue weighted by molar-refractivity contribution is 5.89. The van der Waals surface area contributed by atoms with E-state index in [1.54, 1.807) is 6.20 Å². The van der Waals surface area contributed by atoms with Crippen molar-refractivity contribution in [2.24, 2.45) is 0 Å². The monoisotopic (exact) mass is 341 g/mol. The maximum absolute atomic E-state index is 11.7. The third-order valence-corrected chi connectivity index (χ3v) is 3.91. The lowest BCUT2D eigenvalue weighted by atomic mass is 10.1. The van der Waals surface area contributed by atoms with Gasteiger partial charge in [-0.1, -0.05) is 19.1 Å². The standard InChI is InChI=1S/C18H23N5O2/c1-2-8-20-18(24)21-15-5-3-14(4-6-15)16-7-9-19-17(22-16)23-10-12-25-13-11-23/h3-7,9H,2,8,10-13H2,1H3,(H2,20,21,24). The Morgan fingerprint density at radius 2 is 1.96 bits per heavy atom. The van der Waals surface area contributed by atoms with Crippen LogP contribution in [0.25, 0.3) is 11.3 Å². The Labute approximate surface area is 147 Å². The topological polar surface area (TPSA) is 79.4 Å². The second-order valence-corrected chi connectivity index (χ2v) is 5.80. The summed E-state index contributed by atoms with van der Waals surface area (Å²) in [5.74, 6) is 0.724. The summed E-state index contributed by atoms with van der Waals surface area (Å²) in [4.78, 5) is 22.8. The number of nitrogens with zero attached hydrogens (tertiary/aromatic N) is 3. The Hall–Kier alpha value is -2.67. The molecule has 7 nitrogen and oxygen atoms in total. The summed E-state index contributed by atoms with van der Waals surface area (Å²) in [5.41, 5.74) is 2.59. The quantitative estimate of drug-likeness (QED) is 0.873. The number of aromatic nitrogens is 2. The van der Waals surface area contributed by atoms with Crippen molar-refractivity contribution in [2.75, 3.05) is 43.1 Å². The van der Waals surface area contributed by atoms with Gasteiger partial charge in [0.25, 0.3) is 0 Å². The fourth-order valence-electron chi connectivity index (χ4n) is 2.56. The number of anilines is 2. The van der Waals surface area contributed by atoms with Gasteiger partial charge in [-0.25, -0.2) is 14.8 Å². The predicted octanol–water partition coefficient (Wildman–Crippen LogP) is 2.51.